The van der Waals surface area contributed by atoms with Crippen LogP contribution in [-0.4, -0.2) is 44.8 Å². The van der Waals surface area contributed by atoms with Crippen molar-refractivity contribution < 1.29 is 4.79 Å². The maximum absolute atomic E-state index is 12.1. The summed E-state index contributed by atoms with van der Waals surface area (Å²) < 4.78 is 2.87. The van der Waals surface area contributed by atoms with Gasteiger partial charge in [-0.15, -0.1) is 0 Å². The molecule has 0 aromatic heterocycles. The number of benzene rings is 1. The van der Waals surface area contributed by atoms with Crippen LogP contribution >= 0.6 is 0 Å². The van der Waals surface area contributed by atoms with Crippen molar-refractivity contribution in [2.45, 2.75) is 33.1 Å². The second-order valence-corrected chi connectivity index (χ2v) is 8.09. The quantitative estimate of drug-likeness (QED) is 0.427. The van der Waals surface area contributed by atoms with Crippen LogP contribution in [0.2, 0.25) is 0 Å². The van der Waals surface area contributed by atoms with Gasteiger partial charge >= 0.3 is 126 Å². The van der Waals surface area contributed by atoms with Gasteiger partial charge in [0.15, 0.2) is 0 Å². The standard InChI is InChI=1S/C16H21NOTe/c1-3-5-11-17-12-14(16(17)18)15(4-2)19-13-9-7-6-8-10-13/h6-10H,3-5,11-12H2,1-2H3/b15-14-. The molecule has 0 unspecified atom stereocenters. The molecule has 0 bridgehead atoms. The van der Waals surface area contributed by atoms with Crippen LogP contribution in [0.3, 0.4) is 0 Å². The van der Waals surface area contributed by atoms with E-state index in [0.29, 0.717) is 5.91 Å². The van der Waals surface area contributed by atoms with E-state index in [1.807, 2.05) is 4.90 Å². The number of β-lactam (4-membered cyclic amide) rings is 1. The molecule has 1 aliphatic rings. The average Bonchev–Trinajstić information content (AvgIpc) is 2.45. The molecule has 0 N–H and O–H groups in total. The van der Waals surface area contributed by atoms with Crippen molar-refractivity contribution in [2.75, 3.05) is 13.1 Å². The summed E-state index contributed by atoms with van der Waals surface area (Å²) in [6.07, 6.45) is 3.30. The fourth-order valence-electron chi connectivity index (χ4n) is 2.14. The SMILES string of the molecule is CCCCN1C/C(=C(\CC)[Te]c2ccccc2)C1=O. The predicted molar refractivity (Wildman–Crippen MR) is 80.6 cm³/mol. The molecular weight excluding hydrogens is 350 g/mol. The third-order valence-electron chi connectivity index (χ3n) is 3.32. The zero-order valence-electron chi connectivity index (χ0n) is 11.7. The second-order valence-electron chi connectivity index (χ2n) is 4.75. The normalized spacial score (nSPS) is 17.4. The minimum atomic E-state index is -0.359. The number of carbonyl (C=O) groups is 1. The minimum absolute atomic E-state index is 0.298. The Hall–Kier alpha value is -0.780. The molecule has 19 heavy (non-hydrogen) atoms. The zero-order valence-corrected chi connectivity index (χ0v) is 14.0. The molecule has 1 amide bonds. The molecule has 1 aromatic carbocycles. The Kier molecular flexibility index (Phi) is 5.48. The Bertz CT molecular complexity index is 467. The first kappa shape index (κ1) is 14.6. The number of likely N-dealkylation sites (tertiary alicyclic amines) is 1. The van der Waals surface area contributed by atoms with E-state index in [4.69, 9.17) is 0 Å². The third-order valence-corrected chi connectivity index (χ3v) is 7.00. The van der Waals surface area contributed by atoms with E-state index >= 15 is 0 Å². The summed E-state index contributed by atoms with van der Waals surface area (Å²) in [4.78, 5) is 14.1. The van der Waals surface area contributed by atoms with Crippen LogP contribution in [0.15, 0.2) is 39.5 Å². The summed E-state index contributed by atoms with van der Waals surface area (Å²) in [7, 11) is 0. The fourth-order valence-corrected chi connectivity index (χ4v) is 4.99. The molecule has 1 aliphatic heterocycles. The molecule has 2 rings (SSSR count). The molecule has 1 fully saturated rings. The molecule has 0 aliphatic carbocycles. The molecule has 0 spiro atoms. The number of amides is 1. The first-order chi connectivity index (χ1) is 9.26. The van der Waals surface area contributed by atoms with Crippen molar-refractivity contribution in [3.63, 3.8) is 0 Å². The van der Waals surface area contributed by atoms with Gasteiger partial charge in [0.25, 0.3) is 0 Å². The molecule has 1 aromatic rings. The summed E-state index contributed by atoms with van der Waals surface area (Å²) in [6, 6.07) is 10.6. The van der Waals surface area contributed by atoms with Gasteiger partial charge in [0.1, 0.15) is 0 Å². The average molecular weight is 371 g/mol. The Morgan fingerprint density at radius 3 is 2.58 bits per heavy atom. The van der Waals surface area contributed by atoms with Crippen LogP contribution in [0.5, 0.6) is 0 Å². The van der Waals surface area contributed by atoms with Gasteiger partial charge in [0, 0.05) is 0 Å². The van der Waals surface area contributed by atoms with Crippen molar-refractivity contribution in [3.05, 3.63) is 39.5 Å². The number of carbonyl (C=O) groups excluding carboxylic acids is 1. The van der Waals surface area contributed by atoms with Gasteiger partial charge in [-0.05, 0) is 0 Å². The molecule has 1 saturated heterocycles. The predicted octanol–water partition coefficient (Wildman–Crippen LogP) is 2.32. The van der Waals surface area contributed by atoms with E-state index in [2.05, 4.69) is 44.2 Å². The number of hydrogen-bond donors (Lipinski definition) is 0. The molecule has 1 heterocycles. The third kappa shape index (κ3) is 3.61. The van der Waals surface area contributed by atoms with Crippen LogP contribution in [-0.2, 0) is 4.79 Å². The van der Waals surface area contributed by atoms with Gasteiger partial charge in [0.05, 0.1) is 0 Å². The monoisotopic (exact) mass is 373 g/mol. The number of allylic oxidation sites excluding steroid dienone is 1. The first-order valence-corrected chi connectivity index (χ1v) is 9.33. The van der Waals surface area contributed by atoms with Gasteiger partial charge in [-0.1, -0.05) is 0 Å². The van der Waals surface area contributed by atoms with E-state index < -0.39 is 0 Å². The number of hydrogen-bond acceptors (Lipinski definition) is 1. The topological polar surface area (TPSA) is 20.3 Å². The maximum atomic E-state index is 12.1. The first-order valence-electron chi connectivity index (χ1n) is 7.00. The van der Waals surface area contributed by atoms with E-state index in [1.165, 1.54) is 7.23 Å². The Balaban J connectivity index is 2.02. The summed E-state index contributed by atoms with van der Waals surface area (Å²) in [6.45, 7) is 6.17. The number of nitrogens with zero attached hydrogens (tertiary/aromatic N) is 1. The van der Waals surface area contributed by atoms with Gasteiger partial charge < -0.3 is 0 Å². The number of rotatable bonds is 6. The molecule has 0 atom stereocenters. The Morgan fingerprint density at radius 1 is 1.26 bits per heavy atom. The van der Waals surface area contributed by atoms with Gasteiger partial charge in [-0.25, -0.2) is 0 Å². The van der Waals surface area contributed by atoms with E-state index in [-0.39, 0.29) is 20.9 Å². The molecule has 3 heteroatoms. The fraction of sp³-hybridized carbons (Fsp3) is 0.438. The van der Waals surface area contributed by atoms with Crippen molar-refractivity contribution in [3.8, 4) is 0 Å². The van der Waals surface area contributed by atoms with Gasteiger partial charge in [-0.3, -0.25) is 0 Å². The second kappa shape index (κ2) is 7.12. The summed E-state index contributed by atoms with van der Waals surface area (Å²) >= 11 is -0.359. The molecular formula is C16H21NOTe. The molecule has 2 nitrogen and oxygen atoms in total. The molecule has 102 valence electrons. The summed E-state index contributed by atoms with van der Waals surface area (Å²) in [5, 5.41) is 0. The van der Waals surface area contributed by atoms with E-state index in [1.54, 1.807) is 0 Å². The van der Waals surface area contributed by atoms with Crippen LogP contribution in [0.1, 0.15) is 33.1 Å². The van der Waals surface area contributed by atoms with Crippen molar-refractivity contribution in [2.24, 2.45) is 0 Å². The van der Waals surface area contributed by atoms with Gasteiger partial charge in [-0.2, -0.15) is 0 Å². The van der Waals surface area contributed by atoms with Gasteiger partial charge in [0.2, 0.25) is 0 Å². The Labute approximate surface area is 126 Å². The van der Waals surface area contributed by atoms with Crippen molar-refractivity contribution in [1.82, 2.24) is 4.90 Å². The van der Waals surface area contributed by atoms with Crippen LogP contribution < -0.4 is 3.61 Å². The summed E-state index contributed by atoms with van der Waals surface area (Å²) in [5.41, 5.74) is 1.12. The van der Waals surface area contributed by atoms with Crippen molar-refractivity contribution in [1.29, 1.82) is 0 Å². The number of unbranched alkanes of at least 4 members (excludes halogenated alkanes) is 1. The van der Waals surface area contributed by atoms with Crippen LogP contribution in [0.4, 0.5) is 0 Å². The Morgan fingerprint density at radius 2 is 2.00 bits per heavy atom. The molecule has 0 saturated carbocycles. The van der Waals surface area contributed by atoms with Crippen LogP contribution in [0.25, 0.3) is 0 Å². The molecule has 0 radical (unpaired) electrons. The van der Waals surface area contributed by atoms with Crippen LogP contribution in [0, 0.1) is 0 Å². The summed E-state index contributed by atoms with van der Waals surface area (Å²) in [5.74, 6) is 0.298. The zero-order chi connectivity index (χ0) is 13.7. The van der Waals surface area contributed by atoms with Crippen molar-refractivity contribution >= 4 is 30.4 Å². The van der Waals surface area contributed by atoms with E-state index in [9.17, 15) is 4.79 Å². The van der Waals surface area contributed by atoms with E-state index in [0.717, 1.165) is 37.9 Å².